The normalized spacial score (nSPS) is 10.3. The molecular formula is C38H58Hf2Si-6. The van der Waals surface area contributed by atoms with Crippen molar-refractivity contribution in [3.63, 3.8) is 0 Å². The summed E-state index contributed by atoms with van der Waals surface area (Å²) in [5.41, 5.74) is 0. The second kappa shape index (κ2) is 39.6. The van der Waals surface area contributed by atoms with Crippen LogP contribution in [-0.4, -0.2) is 9.52 Å². The number of unbranched alkanes of at least 4 members (excludes halogenated alkanes) is 4. The second-order valence-corrected chi connectivity index (χ2v) is 10.7. The van der Waals surface area contributed by atoms with Crippen molar-refractivity contribution in [3.8, 4) is 0 Å². The Morgan fingerprint density at radius 1 is 0.537 bits per heavy atom. The summed E-state index contributed by atoms with van der Waals surface area (Å²) >= 11 is 0. The first-order valence-corrected chi connectivity index (χ1v) is 16.6. The van der Waals surface area contributed by atoms with Crippen LogP contribution in [0.4, 0.5) is 0 Å². The van der Waals surface area contributed by atoms with Crippen molar-refractivity contribution in [3.05, 3.63) is 113 Å². The molecule has 0 bridgehead atoms. The van der Waals surface area contributed by atoms with Crippen molar-refractivity contribution in [2.75, 3.05) is 0 Å². The van der Waals surface area contributed by atoms with Crippen LogP contribution in [0.3, 0.4) is 0 Å². The Bertz CT molecular complexity index is 795. The van der Waals surface area contributed by atoms with Crippen LogP contribution >= 0.6 is 0 Å². The van der Waals surface area contributed by atoms with Crippen molar-refractivity contribution in [2.24, 2.45) is 0 Å². The van der Waals surface area contributed by atoms with E-state index in [0.29, 0.717) is 0 Å². The van der Waals surface area contributed by atoms with E-state index in [-0.39, 0.29) is 51.7 Å². The van der Waals surface area contributed by atoms with Crippen molar-refractivity contribution in [1.82, 2.24) is 0 Å². The molecule has 0 amide bonds. The average Bonchev–Trinajstić information content (AvgIpc) is 3.81. The van der Waals surface area contributed by atoms with E-state index in [1.54, 1.807) is 0 Å². The Morgan fingerprint density at radius 3 is 1.05 bits per heavy atom. The number of hydrogen-bond donors (Lipinski definition) is 0. The molecule has 0 N–H and O–H groups in total. The minimum Gasteiger partial charge on any atom is -0.343 e. The second-order valence-electron chi connectivity index (χ2n) is 9.18. The van der Waals surface area contributed by atoms with Crippen LogP contribution in [-0.2, 0) is 51.7 Å². The summed E-state index contributed by atoms with van der Waals surface area (Å²) in [5, 5.41) is 5.32. The Hall–Kier alpha value is -0.383. The first-order chi connectivity index (χ1) is 19.1. The summed E-state index contributed by atoms with van der Waals surface area (Å²) < 4.78 is 0. The number of fused-ring (bicyclic) bond motifs is 2. The first kappa shape index (κ1) is 47.5. The van der Waals surface area contributed by atoms with Gasteiger partial charge in [0.15, 0.2) is 0 Å². The van der Waals surface area contributed by atoms with Gasteiger partial charge >= 0.3 is 0 Å². The van der Waals surface area contributed by atoms with Gasteiger partial charge < -0.3 is 27.7 Å². The quantitative estimate of drug-likeness (QED) is 0.141. The van der Waals surface area contributed by atoms with Crippen LogP contribution in [0, 0.1) is 27.7 Å². The van der Waals surface area contributed by atoms with Crippen LogP contribution in [0.25, 0.3) is 21.5 Å². The van der Waals surface area contributed by atoms with E-state index < -0.39 is 0 Å². The minimum atomic E-state index is 0. The molecule has 0 saturated carbocycles. The molecule has 0 spiro atoms. The molecule has 0 aromatic heterocycles. The smallest absolute Gasteiger partial charge is 0.0377 e. The van der Waals surface area contributed by atoms with Crippen molar-refractivity contribution in [1.29, 1.82) is 0 Å². The van der Waals surface area contributed by atoms with E-state index in [9.17, 15) is 0 Å². The molecule has 1 fully saturated rings. The molecule has 4 aromatic carbocycles. The average molecular weight is 900 g/mol. The van der Waals surface area contributed by atoms with Gasteiger partial charge in [-0.05, 0) is 0 Å². The van der Waals surface area contributed by atoms with Crippen LogP contribution in [0.1, 0.15) is 91.9 Å². The van der Waals surface area contributed by atoms with E-state index in [1.165, 1.54) is 81.7 Å². The van der Waals surface area contributed by atoms with Crippen molar-refractivity contribution in [2.45, 2.75) is 104 Å². The van der Waals surface area contributed by atoms with Gasteiger partial charge in [-0.3, -0.25) is 0 Å². The molecule has 5 rings (SSSR count). The zero-order valence-corrected chi connectivity index (χ0v) is 35.1. The van der Waals surface area contributed by atoms with Gasteiger partial charge in [-0.15, -0.1) is 59.3 Å². The summed E-state index contributed by atoms with van der Waals surface area (Å²) in [6.45, 7) is 22.9. The van der Waals surface area contributed by atoms with E-state index in [4.69, 9.17) is 0 Å². The van der Waals surface area contributed by atoms with Crippen LogP contribution in [0.15, 0.2) is 84.9 Å². The van der Waals surface area contributed by atoms with E-state index >= 15 is 0 Å². The third-order valence-electron chi connectivity index (χ3n) is 5.47. The maximum Gasteiger partial charge on any atom is 0.0377 e. The molecule has 1 saturated heterocycles. The summed E-state index contributed by atoms with van der Waals surface area (Å²) in [5.74, 6) is 0. The topological polar surface area (TPSA) is 0 Å². The Balaban J connectivity index is -0.000000201. The minimum absolute atomic E-state index is 0. The van der Waals surface area contributed by atoms with Gasteiger partial charge in [0.1, 0.15) is 0 Å². The van der Waals surface area contributed by atoms with E-state index in [0.717, 1.165) is 25.7 Å². The molecule has 1 aliphatic heterocycles. The molecular weight excluding hydrogens is 841 g/mol. The largest absolute Gasteiger partial charge is 0.343 e. The third kappa shape index (κ3) is 30.9. The van der Waals surface area contributed by atoms with Gasteiger partial charge in [0.05, 0.1) is 0 Å². The summed E-state index contributed by atoms with van der Waals surface area (Å²) in [4.78, 5) is 0. The van der Waals surface area contributed by atoms with Gasteiger partial charge in [-0.2, -0.15) is 60.7 Å². The van der Waals surface area contributed by atoms with Crippen molar-refractivity contribution < 1.29 is 51.7 Å². The fourth-order valence-corrected chi connectivity index (χ4v) is 4.01. The van der Waals surface area contributed by atoms with Crippen LogP contribution < -0.4 is 0 Å². The molecule has 2 radical (unpaired) electrons. The van der Waals surface area contributed by atoms with Gasteiger partial charge in [0, 0.05) is 61.2 Å². The number of rotatable bonds is 4. The monoisotopic (exact) mass is 902 g/mol. The van der Waals surface area contributed by atoms with Gasteiger partial charge in [-0.1, -0.05) is 90.4 Å². The number of hydrogen-bond acceptors (Lipinski definition) is 0. The molecule has 1 heterocycles. The zero-order chi connectivity index (χ0) is 29.4. The van der Waals surface area contributed by atoms with Crippen LogP contribution in [0.2, 0.25) is 12.1 Å². The van der Waals surface area contributed by atoms with Gasteiger partial charge in [0.2, 0.25) is 0 Å². The van der Waals surface area contributed by atoms with Gasteiger partial charge in [-0.25, -0.2) is 0 Å². The molecule has 4 aromatic rings. The van der Waals surface area contributed by atoms with Gasteiger partial charge in [0.25, 0.3) is 0 Å². The maximum absolute atomic E-state index is 3.60. The molecule has 0 aliphatic carbocycles. The maximum atomic E-state index is 3.60. The summed E-state index contributed by atoms with van der Waals surface area (Å²) in [7, 11) is 1.31. The summed E-state index contributed by atoms with van der Waals surface area (Å²) in [6, 6.07) is 32.4. The Labute approximate surface area is 297 Å². The SMILES string of the molecule is C1CC[Si]C1.[CH2-]CCC.[CH2-]CCC.[CH2-]CCC.[CH2-]CCC.[Hf].[Hf].c1ccc2[cH-]ccc2c1.c1ccc2[cH-]ccc2c1. The molecule has 1 aliphatic rings. The van der Waals surface area contributed by atoms with Crippen LogP contribution in [0.5, 0.6) is 0 Å². The fraction of sp³-hybridized carbons (Fsp3) is 0.421. The van der Waals surface area contributed by atoms with Crippen molar-refractivity contribution >= 4 is 31.1 Å². The predicted molar refractivity (Wildman–Crippen MR) is 185 cm³/mol. The molecule has 0 unspecified atom stereocenters. The number of benzene rings is 2. The summed E-state index contributed by atoms with van der Waals surface area (Å²) in [6.07, 6.45) is 12.1. The molecule has 41 heavy (non-hydrogen) atoms. The first-order valence-electron chi connectivity index (χ1n) is 15.2. The third-order valence-corrected chi connectivity index (χ3v) is 6.88. The molecule has 228 valence electrons. The zero-order valence-electron chi connectivity index (χ0n) is 26.9. The fourth-order valence-electron chi connectivity index (χ4n) is 2.76. The Morgan fingerprint density at radius 2 is 0.829 bits per heavy atom. The molecule has 3 heteroatoms. The Kier molecular flexibility index (Phi) is 45.9. The standard InChI is InChI=1S/2C9H7.C4H8Si.4C4H9.2Hf/c2*1-2-5-9-7-3-6-8(9)4-1;1-2-4-5-3-1;4*1-3-4-2;;/h2*1-7H;1-4H2;4*1,3-4H2,2H3;;/q2*-1;;4*-1;;. The molecule has 0 nitrogen and oxygen atoms in total. The molecule has 0 atom stereocenters. The van der Waals surface area contributed by atoms with E-state index in [2.05, 4.69) is 140 Å². The predicted octanol–water partition coefficient (Wildman–Crippen LogP) is 12.9. The van der Waals surface area contributed by atoms with E-state index in [1.807, 2.05) is 0 Å².